The zero-order valence-corrected chi connectivity index (χ0v) is 10.6. The van der Waals surface area contributed by atoms with Gasteiger partial charge in [-0.1, -0.05) is 6.92 Å². The molecule has 0 rings (SSSR count). The van der Waals surface area contributed by atoms with Crippen LogP contribution < -0.4 is 0 Å². The first-order chi connectivity index (χ1) is 7.76. The summed E-state index contributed by atoms with van der Waals surface area (Å²) in [6.07, 6.45) is -1.37. The molecule has 3 atom stereocenters. The largest absolute Gasteiger partial charge is 0.479 e. The molecule has 0 heterocycles. The van der Waals surface area contributed by atoms with E-state index in [1.807, 2.05) is 0 Å². The van der Waals surface area contributed by atoms with E-state index in [4.69, 9.17) is 14.6 Å². The molecule has 0 aromatic heterocycles. The number of carbonyl (C=O) groups is 2. The van der Waals surface area contributed by atoms with Gasteiger partial charge in [-0.3, -0.25) is 4.79 Å². The Morgan fingerprint density at radius 2 is 1.94 bits per heavy atom. The van der Waals surface area contributed by atoms with Gasteiger partial charge in [0.1, 0.15) is 6.10 Å². The number of ether oxygens (including phenoxy) is 2. The number of carbonyl (C=O) groups excluding carboxylic acids is 1. The number of carboxylic acids is 1. The molecule has 0 saturated heterocycles. The lowest BCUT2D eigenvalue weighted by molar-refractivity contribution is -0.168. The van der Waals surface area contributed by atoms with Crippen LogP contribution in [0.1, 0.15) is 33.6 Å². The van der Waals surface area contributed by atoms with Gasteiger partial charge < -0.3 is 19.7 Å². The zero-order valence-electron chi connectivity index (χ0n) is 10.6. The average Bonchev–Trinajstić information content (AvgIpc) is 2.24. The molecule has 0 radical (unpaired) electrons. The van der Waals surface area contributed by atoms with Crippen molar-refractivity contribution < 1.29 is 29.3 Å². The molecule has 6 heteroatoms. The minimum atomic E-state index is -1.87. The van der Waals surface area contributed by atoms with Crippen molar-refractivity contribution in [2.24, 2.45) is 0 Å². The van der Waals surface area contributed by atoms with Crippen molar-refractivity contribution in [3.63, 3.8) is 0 Å². The summed E-state index contributed by atoms with van der Waals surface area (Å²) < 4.78 is 9.97. The summed E-state index contributed by atoms with van der Waals surface area (Å²) in [5, 5.41) is 18.8. The summed E-state index contributed by atoms with van der Waals surface area (Å²) in [4.78, 5) is 21.7. The predicted molar refractivity (Wildman–Crippen MR) is 59.5 cm³/mol. The summed E-state index contributed by atoms with van der Waals surface area (Å²) in [6.45, 7) is 4.41. The molecule has 0 aliphatic carbocycles. The minimum absolute atomic E-state index is 0.0506. The van der Waals surface area contributed by atoms with Gasteiger partial charge >= 0.3 is 11.9 Å². The summed E-state index contributed by atoms with van der Waals surface area (Å²) in [6, 6.07) is 0. The Hall–Kier alpha value is -1.14. The van der Waals surface area contributed by atoms with E-state index in [2.05, 4.69) is 0 Å². The quantitative estimate of drug-likeness (QED) is 0.640. The van der Waals surface area contributed by atoms with Gasteiger partial charge in [-0.2, -0.15) is 0 Å². The van der Waals surface area contributed by atoms with Gasteiger partial charge in [0, 0.05) is 20.5 Å². The van der Waals surface area contributed by atoms with Gasteiger partial charge in [-0.05, 0) is 13.3 Å². The zero-order chi connectivity index (χ0) is 13.6. The fourth-order valence-electron chi connectivity index (χ4n) is 1.49. The molecule has 0 amide bonds. The van der Waals surface area contributed by atoms with Crippen LogP contribution >= 0.6 is 0 Å². The third-order valence-electron chi connectivity index (χ3n) is 2.70. The van der Waals surface area contributed by atoms with Crippen LogP contribution in [0.4, 0.5) is 0 Å². The highest BCUT2D eigenvalue weighted by Crippen LogP contribution is 2.22. The maximum absolute atomic E-state index is 10.9. The van der Waals surface area contributed by atoms with E-state index in [9.17, 15) is 14.7 Å². The van der Waals surface area contributed by atoms with Crippen LogP contribution in [0.5, 0.6) is 0 Å². The maximum atomic E-state index is 10.9. The Bertz CT molecular complexity index is 277. The number of esters is 1. The average molecular weight is 248 g/mol. The van der Waals surface area contributed by atoms with E-state index in [0.29, 0.717) is 0 Å². The van der Waals surface area contributed by atoms with Crippen LogP contribution in [-0.4, -0.2) is 47.1 Å². The summed E-state index contributed by atoms with van der Waals surface area (Å²) in [5.41, 5.74) is -1.87. The van der Waals surface area contributed by atoms with Crippen LogP contribution in [0.15, 0.2) is 0 Å². The summed E-state index contributed by atoms with van der Waals surface area (Å²) >= 11 is 0. The van der Waals surface area contributed by atoms with Crippen LogP contribution in [0.2, 0.25) is 0 Å². The first-order valence-corrected chi connectivity index (χ1v) is 5.42. The molecule has 0 spiro atoms. The van der Waals surface area contributed by atoms with Crippen LogP contribution in [-0.2, 0) is 19.1 Å². The second kappa shape index (κ2) is 6.56. The number of hydrogen-bond donors (Lipinski definition) is 2. The highest BCUT2D eigenvalue weighted by atomic mass is 16.6. The highest BCUT2D eigenvalue weighted by Gasteiger charge is 2.39. The second-order valence-electron chi connectivity index (χ2n) is 3.98. The van der Waals surface area contributed by atoms with Crippen molar-refractivity contribution in [3.8, 4) is 0 Å². The van der Waals surface area contributed by atoms with E-state index in [-0.39, 0.29) is 12.8 Å². The number of aliphatic carboxylic acids is 1. The van der Waals surface area contributed by atoms with Crippen molar-refractivity contribution >= 4 is 11.9 Å². The molecule has 0 aromatic carbocycles. The Kier molecular flexibility index (Phi) is 6.12. The van der Waals surface area contributed by atoms with E-state index in [0.717, 1.165) is 0 Å². The summed E-state index contributed by atoms with van der Waals surface area (Å²) in [5.74, 6) is -1.79. The van der Waals surface area contributed by atoms with E-state index < -0.39 is 29.7 Å². The van der Waals surface area contributed by atoms with Gasteiger partial charge in [0.25, 0.3) is 0 Å². The maximum Gasteiger partial charge on any atom is 0.335 e. The molecule has 0 fully saturated rings. The van der Waals surface area contributed by atoms with Crippen molar-refractivity contribution in [3.05, 3.63) is 0 Å². The molecule has 6 nitrogen and oxygen atoms in total. The van der Waals surface area contributed by atoms with Crippen LogP contribution in [0, 0.1) is 0 Å². The topological polar surface area (TPSA) is 93.1 Å². The fraction of sp³-hybridized carbons (Fsp3) is 0.818. The molecule has 17 heavy (non-hydrogen) atoms. The van der Waals surface area contributed by atoms with E-state index in [1.54, 1.807) is 13.8 Å². The molecule has 0 aromatic rings. The minimum Gasteiger partial charge on any atom is -0.479 e. The Labute approximate surface area is 101 Å². The number of hydrogen-bond acceptors (Lipinski definition) is 5. The highest BCUT2D eigenvalue weighted by molar-refractivity contribution is 5.77. The molecule has 0 aliphatic heterocycles. The van der Waals surface area contributed by atoms with Crippen molar-refractivity contribution in [2.45, 2.75) is 51.4 Å². The standard InChI is InChI=1S/C11H20O6/c1-5-11(15,10(13)14)6-9(16-4)7(2)17-8(3)12/h7,9,15H,5-6H2,1-4H3,(H,13,14). The Morgan fingerprint density at radius 1 is 1.41 bits per heavy atom. The van der Waals surface area contributed by atoms with Gasteiger partial charge in [0.15, 0.2) is 5.60 Å². The summed E-state index contributed by atoms with van der Waals surface area (Å²) in [7, 11) is 1.38. The lowest BCUT2D eigenvalue weighted by atomic mass is 9.91. The van der Waals surface area contributed by atoms with Gasteiger partial charge in [0.2, 0.25) is 0 Å². The molecular weight excluding hydrogens is 228 g/mol. The van der Waals surface area contributed by atoms with Gasteiger partial charge in [0.05, 0.1) is 6.10 Å². The van der Waals surface area contributed by atoms with E-state index >= 15 is 0 Å². The molecule has 2 N–H and O–H groups in total. The van der Waals surface area contributed by atoms with E-state index in [1.165, 1.54) is 14.0 Å². The number of rotatable bonds is 7. The monoisotopic (exact) mass is 248 g/mol. The molecule has 0 bridgehead atoms. The Morgan fingerprint density at radius 3 is 2.24 bits per heavy atom. The molecule has 3 unspecified atom stereocenters. The number of methoxy groups -OCH3 is 1. The van der Waals surface area contributed by atoms with Crippen molar-refractivity contribution in [1.29, 1.82) is 0 Å². The number of carboxylic acid groups (broad SMARTS) is 1. The van der Waals surface area contributed by atoms with Gasteiger partial charge in [-0.15, -0.1) is 0 Å². The van der Waals surface area contributed by atoms with Crippen molar-refractivity contribution in [2.75, 3.05) is 7.11 Å². The normalized spacial score (nSPS) is 17.9. The third kappa shape index (κ3) is 4.70. The lowest BCUT2D eigenvalue weighted by Gasteiger charge is -2.29. The van der Waals surface area contributed by atoms with Crippen molar-refractivity contribution in [1.82, 2.24) is 0 Å². The molecule has 0 saturated carbocycles. The SMILES string of the molecule is CCC(O)(CC(OC)C(C)OC(C)=O)C(=O)O. The Balaban J connectivity index is 4.68. The van der Waals surface area contributed by atoms with Crippen LogP contribution in [0.25, 0.3) is 0 Å². The lowest BCUT2D eigenvalue weighted by Crippen LogP contribution is -2.45. The second-order valence-corrected chi connectivity index (χ2v) is 3.98. The molecular formula is C11H20O6. The molecule has 0 aliphatic rings. The third-order valence-corrected chi connectivity index (χ3v) is 2.70. The predicted octanol–water partition coefficient (Wildman–Crippen LogP) is 0.569. The molecule has 100 valence electrons. The number of aliphatic hydroxyl groups is 1. The van der Waals surface area contributed by atoms with Gasteiger partial charge in [-0.25, -0.2) is 4.79 Å². The fourth-order valence-corrected chi connectivity index (χ4v) is 1.49. The smallest absolute Gasteiger partial charge is 0.335 e. The first-order valence-electron chi connectivity index (χ1n) is 5.42. The first kappa shape index (κ1) is 15.9. The van der Waals surface area contributed by atoms with Crippen LogP contribution in [0.3, 0.4) is 0 Å².